The second-order valence-electron chi connectivity index (χ2n) is 13.0. The van der Waals surface area contributed by atoms with Crippen LogP contribution in [0.25, 0.3) is 0 Å². The Labute approximate surface area is 245 Å². The van der Waals surface area contributed by atoms with E-state index in [0.717, 1.165) is 22.9 Å². The highest BCUT2D eigenvalue weighted by Gasteiger charge is 2.53. The predicted octanol–water partition coefficient (Wildman–Crippen LogP) is 3.53. The minimum Gasteiger partial charge on any atom is -0.872 e. The van der Waals surface area contributed by atoms with E-state index in [0.29, 0.717) is 35.8 Å². The lowest BCUT2D eigenvalue weighted by molar-refractivity contribution is -0.968. The maximum atomic E-state index is 12.6. The Morgan fingerprint density at radius 1 is 1.05 bits per heavy atom. The molecule has 6 atom stereocenters. The van der Waals surface area contributed by atoms with E-state index in [1.54, 1.807) is 12.1 Å². The van der Waals surface area contributed by atoms with Crippen molar-refractivity contribution in [2.75, 3.05) is 20.2 Å². The Kier molecular flexibility index (Phi) is 11.4. The summed E-state index contributed by atoms with van der Waals surface area (Å²) < 4.78 is 6.96. The molecule has 0 radical (unpaired) electrons. The van der Waals surface area contributed by atoms with E-state index >= 15 is 0 Å². The molecule has 4 N–H and O–H groups in total. The van der Waals surface area contributed by atoms with Crippen molar-refractivity contribution >= 4 is 5.97 Å². The van der Waals surface area contributed by atoms with Crippen molar-refractivity contribution in [3.05, 3.63) is 65.2 Å². The van der Waals surface area contributed by atoms with Gasteiger partial charge in [-0.05, 0) is 51.3 Å². The second kappa shape index (κ2) is 14.1. The van der Waals surface area contributed by atoms with Gasteiger partial charge >= 0.3 is 5.97 Å². The molecule has 228 valence electrons. The molecule has 2 aromatic carbocycles. The third-order valence-corrected chi connectivity index (χ3v) is 9.01. The first-order chi connectivity index (χ1) is 19.3. The van der Waals surface area contributed by atoms with Crippen LogP contribution in [0, 0.1) is 0 Å². The molecule has 8 nitrogen and oxygen atoms in total. The molecule has 0 spiro atoms. The van der Waals surface area contributed by atoms with E-state index in [4.69, 9.17) is 9.84 Å². The Morgan fingerprint density at radius 2 is 1.66 bits per heavy atom. The highest BCUT2D eigenvalue weighted by molar-refractivity contribution is 5.78. The number of hydrogen-bond donors (Lipinski definition) is 4. The highest BCUT2D eigenvalue weighted by atomic mass is 16.5. The van der Waals surface area contributed by atoms with Crippen LogP contribution in [0.2, 0.25) is 0 Å². The lowest BCUT2D eigenvalue weighted by atomic mass is 9.94. The van der Waals surface area contributed by atoms with Crippen molar-refractivity contribution in [3.63, 3.8) is 0 Å². The third kappa shape index (κ3) is 8.30. The van der Waals surface area contributed by atoms with Gasteiger partial charge in [-0.2, -0.15) is 0 Å². The Bertz CT molecular complexity index is 1100. The SMILES string of the molecule is CC(C)(C)NC[C@H](O)c1ccc([O-])c(CO)c1.CC(C)[N+]1(C)[C@@H]2CC[C@H]1CC(OC(=O)C(CO)c1ccccc1)C2. The van der Waals surface area contributed by atoms with Crippen LogP contribution in [0.4, 0.5) is 0 Å². The number of nitrogens with one attached hydrogen (secondary N) is 1. The van der Waals surface area contributed by atoms with Gasteiger partial charge in [-0.15, -0.1) is 5.75 Å². The van der Waals surface area contributed by atoms with Gasteiger partial charge in [0.15, 0.2) is 0 Å². The van der Waals surface area contributed by atoms with E-state index in [-0.39, 0.29) is 36.6 Å². The van der Waals surface area contributed by atoms with E-state index in [1.165, 1.54) is 18.9 Å². The molecule has 2 fully saturated rings. The van der Waals surface area contributed by atoms with Gasteiger partial charge < -0.3 is 35.0 Å². The molecule has 2 aliphatic heterocycles. The van der Waals surface area contributed by atoms with Crippen LogP contribution in [-0.2, 0) is 16.1 Å². The number of aliphatic hydroxyl groups excluding tert-OH is 3. The fraction of sp³-hybridized carbons (Fsp3) is 0.606. The molecule has 4 rings (SSSR count). The molecule has 3 unspecified atom stereocenters. The van der Waals surface area contributed by atoms with Crippen molar-refractivity contribution in [2.24, 2.45) is 0 Å². The third-order valence-electron chi connectivity index (χ3n) is 9.01. The number of esters is 1. The first kappa shape index (κ1) is 33.0. The normalized spacial score (nSPS) is 25.3. The fourth-order valence-electron chi connectivity index (χ4n) is 6.27. The van der Waals surface area contributed by atoms with Crippen LogP contribution in [0.3, 0.4) is 0 Å². The van der Waals surface area contributed by atoms with E-state index < -0.39 is 12.0 Å². The van der Waals surface area contributed by atoms with Gasteiger partial charge in [0.1, 0.15) is 12.0 Å². The number of aliphatic hydroxyl groups is 3. The average molecular weight is 571 g/mol. The minimum absolute atomic E-state index is 0.00212. The van der Waals surface area contributed by atoms with Crippen molar-refractivity contribution in [1.29, 1.82) is 0 Å². The molecule has 2 saturated heterocycles. The molecule has 0 aromatic heterocycles. The topological polar surface area (TPSA) is 122 Å². The first-order valence-corrected chi connectivity index (χ1v) is 14.9. The number of ether oxygens (including phenoxy) is 1. The van der Waals surface area contributed by atoms with Crippen LogP contribution >= 0.6 is 0 Å². The van der Waals surface area contributed by atoms with Crippen molar-refractivity contribution in [3.8, 4) is 5.75 Å². The lowest BCUT2D eigenvalue weighted by Crippen LogP contribution is -2.62. The number of quaternary nitrogens is 1. The Hall–Kier alpha value is -2.49. The van der Waals surface area contributed by atoms with Crippen LogP contribution in [-0.4, -0.2) is 75.7 Å². The summed E-state index contributed by atoms with van der Waals surface area (Å²) in [4.78, 5) is 12.6. The minimum atomic E-state index is -0.680. The van der Waals surface area contributed by atoms with Crippen LogP contribution < -0.4 is 10.4 Å². The molecule has 41 heavy (non-hydrogen) atoms. The molecule has 0 aliphatic carbocycles. The lowest BCUT2D eigenvalue weighted by Gasteiger charge is -2.49. The molecule has 8 heteroatoms. The maximum absolute atomic E-state index is 12.6. The van der Waals surface area contributed by atoms with Crippen LogP contribution in [0.15, 0.2) is 48.5 Å². The molecule has 2 heterocycles. The van der Waals surface area contributed by atoms with E-state index in [1.807, 2.05) is 51.1 Å². The van der Waals surface area contributed by atoms with Gasteiger partial charge in [0.25, 0.3) is 0 Å². The van der Waals surface area contributed by atoms with Crippen molar-refractivity contribution < 1.29 is 34.4 Å². The molecular formula is C33H50N2O6. The summed E-state index contributed by atoms with van der Waals surface area (Å²) in [6.45, 7) is 10.5. The molecule has 0 amide bonds. The number of carbonyl (C=O) groups is 1. The molecular weight excluding hydrogens is 520 g/mol. The van der Waals surface area contributed by atoms with Crippen LogP contribution in [0.5, 0.6) is 5.75 Å². The number of piperidine rings is 1. The zero-order chi connectivity index (χ0) is 30.4. The molecule has 2 aliphatic rings. The van der Waals surface area contributed by atoms with Gasteiger partial charge in [-0.1, -0.05) is 48.5 Å². The zero-order valence-electron chi connectivity index (χ0n) is 25.5. The van der Waals surface area contributed by atoms with Gasteiger partial charge in [-0.25, -0.2) is 0 Å². The standard InChI is InChI=1S/C20H30NO3.C13H21NO3/c1-14(2)21(3)16-9-10-17(21)12-18(11-16)24-20(23)19(13-22)15-7-5-4-6-8-15;1-13(2,3)14-7-12(17)9-4-5-11(16)10(6-9)8-15/h4-8,14,16-19,22H,9-13H2,1-3H3;4-6,12,14-17H,7-8H2,1-3H3/q+1;/p-1/t16-,17+,18?,19?,21?;12-/m.0/s1. The number of fused-ring (bicyclic) bond motifs is 2. The zero-order valence-corrected chi connectivity index (χ0v) is 25.5. The van der Waals surface area contributed by atoms with Gasteiger partial charge in [0.2, 0.25) is 0 Å². The number of hydrogen-bond acceptors (Lipinski definition) is 7. The number of rotatable bonds is 9. The molecule has 2 aromatic rings. The molecule has 2 bridgehead atoms. The summed E-state index contributed by atoms with van der Waals surface area (Å²) in [5.74, 6) is -1.06. The maximum Gasteiger partial charge on any atom is 0.316 e. The summed E-state index contributed by atoms with van der Waals surface area (Å²) in [5, 5.41) is 43.0. The van der Waals surface area contributed by atoms with Crippen LogP contribution in [0.1, 0.15) is 89.0 Å². The number of β-amino-alcohol motifs (C(OH)–C–C–N with tert-alkyl or cyclic N) is 1. The quantitative estimate of drug-likeness (QED) is 0.269. The van der Waals surface area contributed by atoms with E-state index in [2.05, 4.69) is 26.2 Å². The second-order valence-corrected chi connectivity index (χ2v) is 13.0. The van der Waals surface area contributed by atoms with E-state index in [9.17, 15) is 20.1 Å². The van der Waals surface area contributed by atoms with Crippen molar-refractivity contribution in [2.45, 2.75) is 109 Å². The molecule has 0 saturated carbocycles. The van der Waals surface area contributed by atoms with Gasteiger partial charge in [0, 0.05) is 37.8 Å². The Morgan fingerprint density at radius 3 is 2.17 bits per heavy atom. The van der Waals surface area contributed by atoms with Gasteiger partial charge in [0.05, 0.1) is 44.5 Å². The number of carbonyl (C=O) groups excluding carboxylic acids is 1. The summed E-state index contributed by atoms with van der Waals surface area (Å²) >= 11 is 0. The monoisotopic (exact) mass is 570 g/mol. The average Bonchev–Trinajstić information content (AvgIpc) is 3.09. The first-order valence-electron chi connectivity index (χ1n) is 14.9. The smallest absolute Gasteiger partial charge is 0.316 e. The van der Waals surface area contributed by atoms with Gasteiger partial charge in [-0.3, -0.25) is 4.79 Å². The fourth-order valence-corrected chi connectivity index (χ4v) is 6.27. The van der Waals surface area contributed by atoms with Crippen molar-refractivity contribution in [1.82, 2.24) is 5.32 Å². The number of nitrogens with zero attached hydrogens (tertiary/aromatic N) is 1. The summed E-state index contributed by atoms with van der Waals surface area (Å²) in [7, 11) is 2.37. The summed E-state index contributed by atoms with van der Waals surface area (Å²) in [6, 6.07) is 15.7. The Balaban J connectivity index is 0.000000241. The summed E-state index contributed by atoms with van der Waals surface area (Å²) in [6.07, 6.45) is 3.68. The predicted molar refractivity (Wildman–Crippen MR) is 158 cm³/mol. The number of benzene rings is 2. The largest absolute Gasteiger partial charge is 0.872 e. The highest BCUT2D eigenvalue weighted by Crippen LogP contribution is 2.44. The summed E-state index contributed by atoms with van der Waals surface area (Å²) in [5.41, 5.74) is 1.72.